The summed E-state index contributed by atoms with van der Waals surface area (Å²) < 4.78 is 0. The van der Waals surface area contributed by atoms with Gasteiger partial charge in [-0.1, -0.05) is 72.8 Å². The number of nitriles is 1. The van der Waals surface area contributed by atoms with E-state index in [0.29, 0.717) is 12.1 Å². The van der Waals surface area contributed by atoms with Gasteiger partial charge in [0.15, 0.2) is 5.92 Å². The van der Waals surface area contributed by atoms with Gasteiger partial charge in [-0.2, -0.15) is 10.4 Å². The molecular formula is C27H20N4O2. The molecule has 1 aliphatic carbocycles. The number of hydrogen-bond donors (Lipinski definition) is 2. The van der Waals surface area contributed by atoms with Gasteiger partial charge in [0, 0.05) is 22.7 Å². The van der Waals surface area contributed by atoms with Crippen LogP contribution in [0.2, 0.25) is 0 Å². The van der Waals surface area contributed by atoms with Crippen molar-refractivity contribution in [3.8, 4) is 17.3 Å². The lowest BCUT2D eigenvalue weighted by molar-refractivity contribution is -0.117. The number of nitrogens with zero attached hydrogens (tertiary/aromatic N) is 2. The Kier molecular flexibility index (Phi) is 5.29. The molecule has 2 atom stereocenters. The van der Waals surface area contributed by atoms with E-state index < -0.39 is 17.6 Å². The predicted octanol–water partition coefficient (Wildman–Crippen LogP) is 4.73. The first-order chi connectivity index (χ1) is 16.2. The Morgan fingerprint density at radius 2 is 1.64 bits per heavy atom. The molecule has 0 saturated heterocycles. The minimum Gasteiger partial charge on any atom is -0.325 e. The van der Waals surface area contributed by atoms with E-state index in [2.05, 4.69) is 21.6 Å². The topological polar surface area (TPSA) is 98.6 Å². The number of carbonyl (C=O) groups is 2. The summed E-state index contributed by atoms with van der Waals surface area (Å²) >= 11 is 0. The summed E-state index contributed by atoms with van der Waals surface area (Å²) in [7, 11) is 0. The van der Waals surface area contributed by atoms with Gasteiger partial charge in [0.2, 0.25) is 11.7 Å². The standard InChI is InChI=1S/C27H20N4O2/c28-16-22(27(33)29-19-12-5-2-6-13-19)26(32)25-23-21(17-9-3-1-4-10-17)15-18-11-7-8-14-20(18)24(23)30-31-25/h1-14,21-22H,15H2,(H,29,33)(H,30,31). The number of Topliss-reactive ketones (excluding diaryl/α,β-unsaturated/α-hetero) is 1. The fourth-order valence-electron chi connectivity index (χ4n) is 4.43. The third kappa shape index (κ3) is 3.70. The summed E-state index contributed by atoms with van der Waals surface area (Å²) in [5.41, 5.74) is 5.34. The van der Waals surface area contributed by atoms with E-state index in [-0.39, 0.29) is 11.6 Å². The summed E-state index contributed by atoms with van der Waals surface area (Å²) in [6, 6.07) is 28.6. The second-order valence-electron chi connectivity index (χ2n) is 7.97. The molecule has 4 aromatic rings. The molecule has 1 aliphatic rings. The van der Waals surface area contributed by atoms with Gasteiger partial charge in [0.05, 0.1) is 11.8 Å². The zero-order chi connectivity index (χ0) is 22.8. The Balaban J connectivity index is 1.56. The molecule has 0 bridgehead atoms. The summed E-state index contributed by atoms with van der Waals surface area (Å²) in [4.78, 5) is 26.3. The number of carbonyl (C=O) groups excluding carboxylic acids is 2. The van der Waals surface area contributed by atoms with Crippen LogP contribution in [0.5, 0.6) is 0 Å². The Bertz CT molecular complexity index is 1370. The monoisotopic (exact) mass is 432 g/mol. The first-order valence-corrected chi connectivity index (χ1v) is 10.7. The Morgan fingerprint density at radius 1 is 0.970 bits per heavy atom. The Morgan fingerprint density at radius 3 is 2.36 bits per heavy atom. The lowest BCUT2D eigenvalue weighted by atomic mass is 9.76. The fourth-order valence-corrected chi connectivity index (χ4v) is 4.43. The van der Waals surface area contributed by atoms with Gasteiger partial charge in [0.1, 0.15) is 5.69 Å². The van der Waals surface area contributed by atoms with Gasteiger partial charge in [-0.25, -0.2) is 0 Å². The number of anilines is 1. The van der Waals surface area contributed by atoms with Crippen molar-refractivity contribution in [2.24, 2.45) is 5.92 Å². The van der Waals surface area contributed by atoms with Crippen molar-refractivity contribution in [1.29, 1.82) is 5.26 Å². The van der Waals surface area contributed by atoms with E-state index in [9.17, 15) is 14.9 Å². The smallest absolute Gasteiger partial charge is 0.249 e. The van der Waals surface area contributed by atoms with Crippen LogP contribution >= 0.6 is 0 Å². The molecule has 1 heterocycles. The predicted molar refractivity (Wildman–Crippen MR) is 125 cm³/mol. The Labute approximate surface area is 190 Å². The second kappa shape index (κ2) is 8.56. The number of para-hydroxylation sites is 1. The van der Waals surface area contributed by atoms with Gasteiger partial charge in [-0.15, -0.1) is 0 Å². The molecule has 160 valence electrons. The largest absolute Gasteiger partial charge is 0.325 e. The molecule has 0 radical (unpaired) electrons. The van der Waals surface area contributed by atoms with Gasteiger partial charge < -0.3 is 5.32 Å². The number of amides is 1. The van der Waals surface area contributed by atoms with Crippen molar-refractivity contribution in [3.05, 3.63) is 107 Å². The number of nitrogens with one attached hydrogen (secondary N) is 2. The van der Waals surface area contributed by atoms with Crippen molar-refractivity contribution in [2.75, 3.05) is 5.32 Å². The van der Waals surface area contributed by atoms with Crippen LogP contribution in [0.3, 0.4) is 0 Å². The van der Waals surface area contributed by atoms with Gasteiger partial charge >= 0.3 is 0 Å². The quantitative estimate of drug-likeness (QED) is 0.352. The highest BCUT2D eigenvalue weighted by Crippen LogP contribution is 2.43. The van der Waals surface area contributed by atoms with Crippen LogP contribution in [0, 0.1) is 17.2 Å². The number of hydrogen-bond acceptors (Lipinski definition) is 4. The number of H-pyrrole nitrogens is 1. The highest BCUT2D eigenvalue weighted by molar-refractivity contribution is 6.16. The van der Waals surface area contributed by atoms with Crippen molar-refractivity contribution in [3.63, 3.8) is 0 Å². The molecular weight excluding hydrogens is 412 g/mol. The third-order valence-electron chi connectivity index (χ3n) is 5.99. The average molecular weight is 432 g/mol. The molecule has 2 N–H and O–H groups in total. The number of fused-ring (bicyclic) bond motifs is 3. The van der Waals surface area contributed by atoms with Crippen LogP contribution in [0.25, 0.3) is 11.3 Å². The maximum absolute atomic E-state index is 13.5. The van der Waals surface area contributed by atoms with Crippen LogP contribution < -0.4 is 5.32 Å². The number of aromatic amines is 1. The van der Waals surface area contributed by atoms with E-state index in [1.54, 1.807) is 24.3 Å². The molecule has 0 fully saturated rings. The van der Waals surface area contributed by atoms with E-state index in [4.69, 9.17) is 0 Å². The highest BCUT2D eigenvalue weighted by Gasteiger charge is 2.37. The molecule has 3 aromatic carbocycles. The van der Waals surface area contributed by atoms with Crippen molar-refractivity contribution >= 4 is 17.4 Å². The van der Waals surface area contributed by atoms with Crippen molar-refractivity contribution in [1.82, 2.24) is 10.2 Å². The molecule has 6 nitrogen and oxygen atoms in total. The molecule has 5 rings (SSSR count). The van der Waals surface area contributed by atoms with Crippen LogP contribution in [0.1, 0.15) is 33.1 Å². The lowest BCUT2D eigenvalue weighted by Gasteiger charge is -2.26. The van der Waals surface area contributed by atoms with E-state index in [0.717, 1.165) is 27.9 Å². The van der Waals surface area contributed by atoms with Gasteiger partial charge in [0.25, 0.3) is 0 Å². The van der Waals surface area contributed by atoms with Crippen LogP contribution in [0.15, 0.2) is 84.9 Å². The van der Waals surface area contributed by atoms with Crippen molar-refractivity contribution in [2.45, 2.75) is 12.3 Å². The normalized spacial score (nSPS) is 14.9. The zero-order valence-corrected chi connectivity index (χ0v) is 17.7. The zero-order valence-electron chi connectivity index (χ0n) is 17.7. The number of benzene rings is 3. The molecule has 0 spiro atoms. The third-order valence-corrected chi connectivity index (χ3v) is 5.99. The fraction of sp³-hybridized carbons (Fsp3) is 0.111. The molecule has 1 aromatic heterocycles. The minimum atomic E-state index is -1.51. The number of rotatable bonds is 5. The highest BCUT2D eigenvalue weighted by atomic mass is 16.2. The van der Waals surface area contributed by atoms with E-state index in [1.807, 2.05) is 60.7 Å². The molecule has 0 saturated carbocycles. The van der Waals surface area contributed by atoms with Crippen molar-refractivity contribution < 1.29 is 9.59 Å². The molecule has 33 heavy (non-hydrogen) atoms. The van der Waals surface area contributed by atoms with Crippen LogP contribution in [-0.2, 0) is 11.2 Å². The van der Waals surface area contributed by atoms with Gasteiger partial charge in [-0.3, -0.25) is 14.7 Å². The summed E-state index contributed by atoms with van der Waals surface area (Å²) in [6.07, 6.45) is 0.695. The lowest BCUT2D eigenvalue weighted by Crippen LogP contribution is -2.30. The summed E-state index contributed by atoms with van der Waals surface area (Å²) in [5, 5.41) is 19.7. The van der Waals surface area contributed by atoms with E-state index in [1.165, 1.54) is 0 Å². The Hall–Kier alpha value is -4.50. The number of aromatic nitrogens is 2. The molecule has 2 unspecified atom stereocenters. The first-order valence-electron chi connectivity index (χ1n) is 10.7. The molecule has 1 amide bonds. The first kappa shape index (κ1) is 20.4. The summed E-state index contributed by atoms with van der Waals surface area (Å²) in [5.74, 6) is -2.90. The van der Waals surface area contributed by atoms with E-state index >= 15 is 0 Å². The SMILES string of the molecule is N#CC(C(=O)Nc1ccccc1)C(=O)c1n[nH]c2c1C(c1ccccc1)Cc1ccccc1-2. The van der Waals surface area contributed by atoms with Gasteiger partial charge in [-0.05, 0) is 29.7 Å². The second-order valence-corrected chi connectivity index (χ2v) is 7.97. The maximum atomic E-state index is 13.5. The molecule has 0 aliphatic heterocycles. The maximum Gasteiger partial charge on any atom is 0.249 e. The number of ketones is 1. The summed E-state index contributed by atoms with van der Waals surface area (Å²) in [6.45, 7) is 0. The minimum absolute atomic E-state index is 0.120. The van der Waals surface area contributed by atoms with Crippen LogP contribution in [-0.4, -0.2) is 21.9 Å². The molecule has 6 heteroatoms. The average Bonchev–Trinajstić information content (AvgIpc) is 3.31. The van der Waals surface area contributed by atoms with Crippen LogP contribution in [0.4, 0.5) is 5.69 Å².